The molecule has 21 heavy (non-hydrogen) atoms. The number of nitrogens with one attached hydrogen (secondary N) is 2. The van der Waals surface area contributed by atoms with Gasteiger partial charge in [-0.1, -0.05) is 12.1 Å². The molecule has 0 bridgehead atoms. The lowest BCUT2D eigenvalue weighted by Crippen LogP contribution is -2.08. The molecular weight excluding hydrogens is 279 g/mol. The summed E-state index contributed by atoms with van der Waals surface area (Å²) in [6.07, 6.45) is -1.35. The third kappa shape index (κ3) is 2.99. The molecule has 0 spiro atoms. The van der Waals surface area contributed by atoms with Gasteiger partial charge in [-0.15, -0.1) is 0 Å². The normalized spacial score (nSPS) is 11.8. The van der Waals surface area contributed by atoms with Gasteiger partial charge in [-0.2, -0.15) is 13.2 Å². The average Bonchev–Trinajstić information content (AvgIpc) is 2.92. The predicted molar refractivity (Wildman–Crippen MR) is 74.9 cm³/mol. The molecular formula is C15H12F3N3. The smallest absolute Gasteiger partial charge is 0.380 e. The van der Waals surface area contributed by atoms with Crippen LogP contribution in [0.3, 0.4) is 0 Å². The van der Waals surface area contributed by atoms with Gasteiger partial charge in [-0.3, -0.25) is 0 Å². The Balaban J connectivity index is 1.69. The number of aromatic nitrogens is 2. The predicted octanol–water partition coefficient (Wildman–Crippen LogP) is 4.19. The van der Waals surface area contributed by atoms with Crippen molar-refractivity contribution >= 4 is 16.6 Å². The van der Waals surface area contributed by atoms with Crippen molar-refractivity contribution in [1.29, 1.82) is 0 Å². The SMILES string of the molecule is FC(F)(F)c1ccc(NCc2ccc3cc[nH]c3c2)cn1. The van der Waals surface area contributed by atoms with Gasteiger partial charge in [0.05, 0.1) is 11.9 Å². The largest absolute Gasteiger partial charge is 0.433 e. The van der Waals surface area contributed by atoms with Gasteiger partial charge >= 0.3 is 6.18 Å². The van der Waals surface area contributed by atoms with Crippen molar-refractivity contribution in [2.24, 2.45) is 0 Å². The van der Waals surface area contributed by atoms with Crippen LogP contribution in [0.15, 0.2) is 48.8 Å². The van der Waals surface area contributed by atoms with E-state index < -0.39 is 11.9 Å². The maximum atomic E-state index is 12.4. The van der Waals surface area contributed by atoms with Gasteiger partial charge in [-0.05, 0) is 35.2 Å². The lowest BCUT2D eigenvalue weighted by atomic mass is 10.1. The number of nitrogens with zero attached hydrogens (tertiary/aromatic N) is 1. The van der Waals surface area contributed by atoms with E-state index >= 15 is 0 Å². The number of halogens is 3. The zero-order chi connectivity index (χ0) is 14.9. The summed E-state index contributed by atoms with van der Waals surface area (Å²) in [6.45, 7) is 0.516. The van der Waals surface area contributed by atoms with Gasteiger partial charge < -0.3 is 10.3 Å². The number of hydrogen-bond acceptors (Lipinski definition) is 2. The van der Waals surface area contributed by atoms with Crippen LogP contribution in [-0.2, 0) is 12.7 Å². The topological polar surface area (TPSA) is 40.7 Å². The average molecular weight is 291 g/mol. The summed E-state index contributed by atoms with van der Waals surface area (Å²) < 4.78 is 37.2. The van der Waals surface area contributed by atoms with Crippen LogP contribution in [0.4, 0.5) is 18.9 Å². The molecule has 3 rings (SSSR count). The molecule has 0 aliphatic heterocycles. The minimum atomic E-state index is -4.41. The molecule has 0 aliphatic rings. The zero-order valence-electron chi connectivity index (χ0n) is 10.9. The maximum absolute atomic E-state index is 12.4. The van der Waals surface area contributed by atoms with Crippen molar-refractivity contribution in [3.63, 3.8) is 0 Å². The van der Waals surface area contributed by atoms with E-state index in [4.69, 9.17) is 0 Å². The third-order valence-corrected chi connectivity index (χ3v) is 3.17. The van der Waals surface area contributed by atoms with E-state index in [9.17, 15) is 13.2 Å². The van der Waals surface area contributed by atoms with Gasteiger partial charge in [0, 0.05) is 18.3 Å². The van der Waals surface area contributed by atoms with E-state index in [-0.39, 0.29) is 0 Å². The first kappa shape index (κ1) is 13.5. The molecule has 0 fully saturated rings. The van der Waals surface area contributed by atoms with Crippen LogP contribution in [0, 0.1) is 0 Å². The van der Waals surface area contributed by atoms with E-state index in [0.717, 1.165) is 22.5 Å². The molecule has 2 N–H and O–H groups in total. The second kappa shape index (κ2) is 5.12. The fourth-order valence-electron chi connectivity index (χ4n) is 2.08. The second-order valence-corrected chi connectivity index (χ2v) is 4.68. The molecule has 0 saturated carbocycles. The first-order chi connectivity index (χ1) is 10.0. The fraction of sp³-hybridized carbons (Fsp3) is 0.133. The van der Waals surface area contributed by atoms with Crippen LogP contribution in [0.5, 0.6) is 0 Å². The Morgan fingerprint density at radius 2 is 1.95 bits per heavy atom. The summed E-state index contributed by atoms with van der Waals surface area (Å²) in [4.78, 5) is 6.53. The standard InChI is InChI=1S/C15H12F3N3/c16-15(17,18)14-4-3-12(9-21-14)20-8-10-1-2-11-5-6-19-13(11)7-10/h1-7,9,19-20H,8H2. The number of aromatic amines is 1. The minimum absolute atomic E-state index is 0.516. The van der Waals surface area contributed by atoms with Crippen molar-refractivity contribution < 1.29 is 13.2 Å². The second-order valence-electron chi connectivity index (χ2n) is 4.68. The van der Waals surface area contributed by atoms with E-state index in [1.807, 2.05) is 30.5 Å². The maximum Gasteiger partial charge on any atom is 0.433 e. The summed E-state index contributed by atoms with van der Waals surface area (Å²) in [5.41, 5.74) is 1.72. The molecule has 0 amide bonds. The number of alkyl halides is 3. The highest BCUT2D eigenvalue weighted by atomic mass is 19.4. The van der Waals surface area contributed by atoms with E-state index in [2.05, 4.69) is 15.3 Å². The van der Waals surface area contributed by atoms with Gasteiger partial charge in [0.2, 0.25) is 0 Å². The number of H-pyrrole nitrogens is 1. The first-order valence-electron chi connectivity index (χ1n) is 6.35. The Kier molecular flexibility index (Phi) is 3.29. The van der Waals surface area contributed by atoms with Crippen molar-refractivity contribution in [1.82, 2.24) is 9.97 Å². The Morgan fingerprint density at radius 1 is 1.10 bits per heavy atom. The van der Waals surface area contributed by atoms with Crippen LogP contribution in [0.25, 0.3) is 10.9 Å². The fourth-order valence-corrected chi connectivity index (χ4v) is 2.08. The number of rotatable bonds is 3. The zero-order valence-corrected chi connectivity index (χ0v) is 10.9. The highest BCUT2D eigenvalue weighted by Gasteiger charge is 2.31. The molecule has 108 valence electrons. The van der Waals surface area contributed by atoms with Gasteiger partial charge in [-0.25, -0.2) is 4.98 Å². The Morgan fingerprint density at radius 3 is 2.67 bits per heavy atom. The molecule has 0 saturated heterocycles. The molecule has 1 aromatic carbocycles. The lowest BCUT2D eigenvalue weighted by Gasteiger charge is -2.09. The number of anilines is 1. The van der Waals surface area contributed by atoms with Crippen molar-refractivity contribution in [2.75, 3.05) is 5.32 Å². The molecule has 2 aromatic heterocycles. The van der Waals surface area contributed by atoms with Crippen LogP contribution in [0.2, 0.25) is 0 Å². The summed E-state index contributed by atoms with van der Waals surface area (Å²) >= 11 is 0. The van der Waals surface area contributed by atoms with Gasteiger partial charge in [0.1, 0.15) is 5.69 Å². The number of hydrogen-bond donors (Lipinski definition) is 2. The molecule has 0 atom stereocenters. The minimum Gasteiger partial charge on any atom is -0.380 e. The summed E-state index contributed by atoms with van der Waals surface area (Å²) in [5.74, 6) is 0. The van der Waals surface area contributed by atoms with Gasteiger partial charge in [0.25, 0.3) is 0 Å². The van der Waals surface area contributed by atoms with Crippen molar-refractivity contribution in [3.05, 3.63) is 60.0 Å². The summed E-state index contributed by atoms with van der Waals surface area (Å²) in [5, 5.41) is 4.17. The summed E-state index contributed by atoms with van der Waals surface area (Å²) in [6, 6.07) is 10.3. The highest BCUT2D eigenvalue weighted by Crippen LogP contribution is 2.27. The molecule has 2 heterocycles. The molecule has 3 nitrogen and oxygen atoms in total. The quantitative estimate of drug-likeness (QED) is 0.759. The Labute approximate surface area is 118 Å². The molecule has 0 aliphatic carbocycles. The molecule has 6 heteroatoms. The molecule has 3 aromatic rings. The van der Waals surface area contributed by atoms with Crippen LogP contribution < -0.4 is 5.32 Å². The van der Waals surface area contributed by atoms with Crippen molar-refractivity contribution in [2.45, 2.75) is 12.7 Å². The molecule has 0 radical (unpaired) electrons. The van der Waals surface area contributed by atoms with Crippen LogP contribution in [0.1, 0.15) is 11.3 Å². The van der Waals surface area contributed by atoms with E-state index in [1.165, 1.54) is 12.3 Å². The van der Waals surface area contributed by atoms with Crippen LogP contribution in [-0.4, -0.2) is 9.97 Å². The number of pyridine rings is 1. The van der Waals surface area contributed by atoms with E-state index in [1.54, 1.807) is 0 Å². The Hall–Kier alpha value is -2.50. The number of fused-ring (bicyclic) bond motifs is 1. The summed E-state index contributed by atoms with van der Waals surface area (Å²) in [7, 11) is 0. The highest BCUT2D eigenvalue weighted by molar-refractivity contribution is 5.79. The first-order valence-corrected chi connectivity index (χ1v) is 6.35. The van der Waals surface area contributed by atoms with E-state index in [0.29, 0.717) is 12.2 Å². The van der Waals surface area contributed by atoms with Crippen LogP contribution >= 0.6 is 0 Å². The number of benzene rings is 1. The third-order valence-electron chi connectivity index (χ3n) is 3.17. The lowest BCUT2D eigenvalue weighted by molar-refractivity contribution is -0.141. The monoisotopic (exact) mass is 291 g/mol. The van der Waals surface area contributed by atoms with Gasteiger partial charge in [0.15, 0.2) is 0 Å². The Bertz CT molecular complexity index is 745. The van der Waals surface area contributed by atoms with Crippen molar-refractivity contribution in [3.8, 4) is 0 Å². The molecule has 0 unspecified atom stereocenters.